The Bertz CT molecular complexity index is 909. The Morgan fingerprint density at radius 2 is 2.00 bits per heavy atom. The van der Waals surface area contributed by atoms with Gasteiger partial charge in [0.05, 0.1) is 35.4 Å². The number of carbonyl (C=O) groups excluding carboxylic acids is 2. The molecule has 1 aromatic carbocycles. The van der Waals surface area contributed by atoms with E-state index in [1.54, 1.807) is 13.0 Å². The van der Waals surface area contributed by atoms with Gasteiger partial charge in [0.25, 0.3) is 5.91 Å². The van der Waals surface area contributed by atoms with Gasteiger partial charge in [-0.3, -0.25) is 9.59 Å². The first-order chi connectivity index (χ1) is 12.9. The quantitative estimate of drug-likeness (QED) is 0.596. The Hall–Kier alpha value is -3.09. The summed E-state index contributed by atoms with van der Waals surface area (Å²) < 4.78 is 5.11. The lowest BCUT2D eigenvalue weighted by atomic mass is 10.0. The number of fused-ring (bicyclic) bond motifs is 1. The Morgan fingerprint density at radius 3 is 2.67 bits per heavy atom. The molecule has 0 aliphatic rings. The number of benzene rings is 1. The molecule has 3 rings (SSSR count). The van der Waals surface area contributed by atoms with Crippen LogP contribution in [0.4, 0.5) is 0 Å². The number of rotatable bonds is 7. The summed E-state index contributed by atoms with van der Waals surface area (Å²) in [6.45, 7) is 5.77. The standard InChI is InChI=1S/C20H24N4O3/c1-12(2)10-17(19-23-15-6-4-5-7-16(15)24-19)22-18(25)11-21-20(26)14-8-9-27-13(14)3/h4-9,12,17H,10-11H2,1-3H3,(H,21,26)(H,22,25)(H,23,24). The van der Waals surface area contributed by atoms with Crippen LogP contribution in [0.5, 0.6) is 0 Å². The number of hydrogen-bond donors (Lipinski definition) is 3. The van der Waals surface area contributed by atoms with Crippen LogP contribution in [0.15, 0.2) is 41.0 Å². The van der Waals surface area contributed by atoms with Crippen molar-refractivity contribution in [1.82, 2.24) is 20.6 Å². The highest BCUT2D eigenvalue weighted by molar-refractivity contribution is 5.97. The summed E-state index contributed by atoms with van der Waals surface area (Å²) in [7, 11) is 0. The van der Waals surface area contributed by atoms with Crippen molar-refractivity contribution in [2.75, 3.05) is 6.54 Å². The van der Waals surface area contributed by atoms with Crippen molar-refractivity contribution in [1.29, 1.82) is 0 Å². The molecule has 3 aromatic rings. The molecule has 0 saturated carbocycles. The van der Waals surface area contributed by atoms with Gasteiger partial charge in [-0.05, 0) is 37.5 Å². The second kappa shape index (κ2) is 8.07. The molecule has 1 unspecified atom stereocenters. The van der Waals surface area contributed by atoms with E-state index in [4.69, 9.17) is 4.42 Å². The Morgan fingerprint density at radius 1 is 1.22 bits per heavy atom. The molecule has 3 N–H and O–H groups in total. The van der Waals surface area contributed by atoms with E-state index in [9.17, 15) is 9.59 Å². The van der Waals surface area contributed by atoms with Gasteiger partial charge in [0, 0.05) is 0 Å². The van der Waals surface area contributed by atoms with Gasteiger partial charge < -0.3 is 20.0 Å². The van der Waals surface area contributed by atoms with Crippen LogP contribution in [-0.2, 0) is 4.79 Å². The highest BCUT2D eigenvalue weighted by atomic mass is 16.3. The van der Waals surface area contributed by atoms with Gasteiger partial charge in [-0.2, -0.15) is 0 Å². The molecule has 2 heterocycles. The van der Waals surface area contributed by atoms with Crippen molar-refractivity contribution in [3.05, 3.63) is 53.7 Å². The number of imidazole rings is 1. The average molecular weight is 368 g/mol. The molecule has 0 spiro atoms. The highest BCUT2D eigenvalue weighted by Crippen LogP contribution is 2.21. The summed E-state index contributed by atoms with van der Waals surface area (Å²) in [6.07, 6.45) is 2.19. The van der Waals surface area contributed by atoms with Crippen molar-refractivity contribution < 1.29 is 14.0 Å². The number of hydrogen-bond acceptors (Lipinski definition) is 4. The predicted octanol–water partition coefficient (Wildman–Crippen LogP) is 3.10. The van der Waals surface area contributed by atoms with Crippen LogP contribution in [0.3, 0.4) is 0 Å². The molecule has 0 aliphatic heterocycles. The number of aryl methyl sites for hydroxylation is 1. The van der Waals surface area contributed by atoms with Crippen molar-refractivity contribution in [2.45, 2.75) is 33.2 Å². The number of para-hydroxylation sites is 2. The minimum Gasteiger partial charge on any atom is -0.469 e. The van der Waals surface area contributed by atoms with Crippen LogP contribution in [0.2, 0.25) is 0 Å². The van der Waals surface area contributed by atoms with E-state index in [1.807, 2.05) is 24.3 Å². The van der Waals surface area contributed by atoms with E-state index in [0.717, 1.165) is 23.3 Å². The molecule has 2 amide bonds. The molecular weight excluding hydrogens is 344 g/mol. The summed E-state index contributed by atoms with van der Waals surface area (Å²) in [5.74, 6) is 1.01. The highest BCUT2D eigenvalue weighted by Gasteiger charge is 2.20. The molecular formula is C20H24N4O3. The number of nitrogens with one attached hydrogen (secondary N) is 3. The van der Waals surface area contributed by atoms with Gasteiger partial charge >= 0.3 is 0 Å². The van der Waals surface area contributed by atoms with Crippen LogP contribution >= 0.6 is 0 Å². The zero-order valence-electron chi connectivity index (χ0n) is 15.7. The van der Waals surface area contributed by atoms with Crippen molar-refractivity contribution in [3.8, 4) is 0 Å². The minimum atomic E-state index is -0.333. The smallest absolute Gasteiger partial charge is 0.255 e. The summed E-state index contributed by atoms with van der Waals surface area (Å²) in [5.41, 5.74) is 2.22. The number of aromatic nitrogens is 2. The van der Waals surface area contributed by atoms with Gasteiger partial charge in [0.1, 0.15) is 11.6 Å². The minimum absolute atomic E-state index is 0.113. The molecule has 0 saturated heterocycles. The van der Waals surface area contributed by atoms with Crippen molar-refractivity contribution >= 4 is 22.8 Å². The molecule has 142 valence electrons. The second-order valence-electron chi connectivity index (χ2n) is 6.96. The molecule has 7 nitrogen and oxygen atoms in total. The normalized spacial score (nSPS) is 12.3. The first-order valence-electron chi connectivity index (χ1n) is 9.00. The molecule has 0 aliphatic carbocycles. The molecule has 0 fully saturated rings. The van der Waals surface area contributed by atoms with E-state index in [1.165, 1.54) is 6.26 Å². The third-order valence-corrected chi connectivity index (χ3v) is 4.29. The van der Waals surface area contributed by atoms with Gasteiger partial charge in [0.15, 0.2) is 0 Å². The number of nitrogens with zero attached hydrogens (tertiary/aromatic N) is 1. The Kier molecular flexibility index (Phi) is 5.59. The fourth-order valence-corrected chi connectivity index (χ4v) is 2.97. The summed E-state index contributed by atoms with van der Waals surface area (Å²) in [5, 5.41) is 5.59. The van der Waals surface area contributed by atoms with Crippen molar-refractivity contribution in [2.24, 2.45) is 5.92 Å². The number of furan rings is 1. The molecule has 27 heavy (non-hydrogen) atoms. The fraction of sp³-hybridized carbons (Fsp3) is 0.350. The van der Waals surface area contributed by atoms with E-state index < -0.39 is 0 Å². The van der Waals surface area contributed by atoms with Crippen LogP contribution < -0.4 is 10.6 Å². The average Bonchev–Trinajstić information content (AvgIpc) is 3.24. The van der Waals surface area contributed by atoms with Gasteiger partial charge in [0.2, 0.25) is 5.91 Å². The summed E-state index contributed by atoms with van der Waals surface area (Å²) in [4.78, 5) is 32.4. The molecule has 0 bridgehead atoms. The zero-order valence-corrected chi connectivity index (χ0v) is 15.7. The molecule has 2 aromatic heterocycles. The zero-order chi connectivity index (χ0) is 19.4. The molecule has 7 heteroatoms. The lowest BCUT2D eigenvalue weighted by Gasteiger charge is -2.19. The van der Waals surface area contributed by atoms with Crippen LogP contribution in [-0.4, -0.2) is 28.3 Å². The van der Waals surface area contributed by atoms with E-state index in [-0.39, 0.29) is 24.4 Å². The monoisotopic (exact) mass is 368 g/mol. The third-order valence-electron chi connectivity index (χ3n) is 4.29. The first kappa shape index (κ1) is 18.7. The predicted molar refractivity (Wildman–Crippen MR) is 102 cm³/mol. The molecule has 1 atom stereocenters. The fourth-order valence-electron chi connectivity index (χ4n) is 2.97. The van der Waals surface area contributed by atoms with Gasteiger partial charge in [-0.25, -0.2) is 4.98 Å². The van der Waals surface area contributed by atoms with Crippen LogP contribution in [0.25, 0.3) is 11.0 Å². The van der Waals surface area contributed by atoms with Crippen molar-refractivity contribution in [3.63, 3.8) is 0 Å². The topological polar surface area (TPSA) is 100 Å². The van der Waals surface area contributed by atoms with E-state index in [0.29, 0.717) is 17.2 Å². The summed E-state index contributed by atoms with van der Waals surface area (Å²) >= 11 is 0. The SMILES string of the molecule is Cc1occc1C(=O)NCC(=O)NC(CC(C)C)c1nc2ccccc2[nH]1. The third kappa shape index (κ3) is 4.55. The second-order valence-corrected chi connectivity index (χ2v) is 6.96. The van der Waals surface area contributed by atoms with Crippen LogP contribution in [0, 0.1) is 12.8 Å². The molecule has 0 radical (unpaired) electrons. The first-order valence-corrected chi connectivity index (χ1v) is 9.00. The Balaban J connectivity index is 1.66. The maximum absolute atomic E-state index is 12.4. The van der Waals surface area contributed by atoms with E-state index in [2.05, 4.69) is 34.4 Å². The maximum atomic E-state index is 12.4. The summed E-state index contributed by atoms with van der Waals surface area (Å²) in [6, 6.07) is 9.07. The number of amides is 2. The Labute approximate surface area is 157 Å². The van der Waals surface area contributed by atoms with Crippen LogP contribution in [0.1, 0.15) is 48.3 Å². The lowest BCUT2D eigenvalue weighted by Crippen LogP contribution is -2.39. The number of carbonyl (C=O) groups is 2. The maximum Gasteiger partial charge on any atom is 0.255 e. The van der Waals surface area contributed by atoms with Gasteiger partial charge in [-0.15, -0.1) is 0 Å². The van der Waals surface area contributed by atoms with Gasteiger partial charge in [-0.1, -0.05) is 26.0 Å². The van der Waals surface area contributed by atoms with E-state index >= 15 is 0 Å². The number of aromatic amines is 1. The largest absolute Gasteiger partial charge is 0.469 e. The lowest BCUT2D eigenvalue weighted by molar-refractivity contribution is -0.121. The number of H-pyrrole nitrogens is 1.